The summed E-state index contributed by atoms with van der Waals surface area (Å²) in [5, 5.41) is 17.8. The zero-order valence-electron chi connectivity index (χ0n) is 19.2. The highest BCUT2D eigenvalue weighted by atomic mass is 19.4. The second-order valence-corrected chi connectivity index (χ2v) is 8.14. The Morgan fingerprint density at radius 2 is 1.70 bits per heavy atom. The van der Waals surface area contributed by atoms with Crippen molar-refractivity contribution in [2.75, 3.05) is 25.0 Å². The van der Waals surface area contributed by atoms with Crippen LogP contribution in [0.5, 0.6) is 0 Å². The van der Waals surface area contributed by atoms with E-state index in [0.717, 1.165) is 38.5 Å². The number of carboxylic acid groups (broad SMARTS) is 2. The minimum atomic E-state index is -5.08. The molecule has 2 aromatic rings. The van der Waals surface area contributed by atoms with Gasteiger partial charge in [0.1, 0.15) is 5.82 Å². The molecule has 2 aliphatic rings. The van der Waals surface area contributed by atoms with Gasteiger partial charge in [0.05, 0.1) is 24.7 Å². The molecule has 2 aromatic heterocycles. The molecule has 0 saturated carbocycles. The van der Waals surface area contributed by atoms with Gasteiger partial charge in [-0.1, -0.05) is 6.07 Å². The molecule has 0 bridgehead atoms. The van der Waals surface area contributed by atoms with Crippen LogP contribution in [-0.4, -0.2) is 76.2 Å². The van der Waals surface area contributed by atoms with Crippen molar-refractivity contribution in [1.82, 2.24) is 9.88 Å². The van der Waals surface area contributed by atoms with Gasteiger partial charge in [-0.25, -0.2) is 14.6 Å². The van der Waals surface area contributed by atoms with Crippen LogP contribution in [0.25, 0.3) is 0 Å². The first-order valence-corrected chi connectivity index (χ1v) is 10.9. The summed E-state index contributed by atoms with van der Waals surface area (Å²) in [5.41, 5.74) is 1.23. The molecule has 2 aliphatic heterocycles. The van der Waals surface area contributed by atoms with Crippen LogP contribution in [0.3, 0.4) is 0 Å². The normalized spacial score (nSPS) is 21.8. The van der Waals surface area contributed by atoms with Crippen LogP contribution in [-0.2, 0) is 20.9 Å². The number of hydrogen-bond acceptors (Lipinski definition) is 7. The van der Waals surface area contributed by atoms with Crippen LogP contribution in [0.1, 0.15) is 18.4 Å². The molecule has 3 atom stereocenters. The highest BCUT2D eigenvalue weighted by Crippen LogP contribution is 2.30. The van der Waals surface area contributed by atoms with E-state index in [1.165, 1.54) is 12.0 Å². The summed E-state index contributed by atoms with van der Waals surface area (Å²) >= 11 is 0. The van der Waals surface area contributed by atoms with Gasteiger partial charge in [0.2, 0.25) is 0 Å². The lowest BCUT2D eigenvalue weighted by molar-refractivity contribution is -0.193. The monoisotopic (exact) mass is 541 g/mol. The van der Waals surface area contributed by atoms with Gasteiger partial charge >= 0.3 is 24.3 Å². The zero-order chi connectivity index (χ0) is 27.6. The second kappa shape index (κ2) is 13.3. The van der Waals surface area contributed by atoms with E-state index in [9.17, 15) is 26.3 Å². The van der Waals surface area contributed by atoms with E-state index >= 15 is 0 Å². The molecular formula is C22H25F6N3O6. The molecule has 2 fully saturated rings. The number of nitrogens with one attached hydrogen (secondary N) is 1. The predicted molar refractivity (Wildman–Crippen MR) is 115 cm³/mol. The van der Waals surface area contributed by atoms with Crippen LogP contribution < -0.4 is 5.32 Å². The Morgan fingerprint density at radius 1 is 1.05 bits per heavy atom. The van der Waals surface area contributed by atoms with Crippen molar-refractivity contribution in [3.8, 4) is 0 Å². The van der Waals surface area contributed by atoms with Gasteiger partial charge in [-0.2, -0.15) is 26.3 Å². The first-order chi connectivity index (χ1) is 17.3. The third kappa shape index (κ3) is 10.3. The number of fused-ring (bicyclic) bond motifs is 1. The number of aliphatic carboxylic acids is 2. The van der Waals surface area contributed by atoms with Crippen molar-refractivity contribution in [3.63, 3.8) is 0 Å². The first-order valence-electron chi connectivity index (χ1n) is 10.9. The number of hydrogen-bond donors (Lipinski definition) is 3. The Kier molecular flexibility index (Phi) is 10.7. The van der Waals surface area contributed by atoms with Gasteiger partial charge in [-0.3, -0.25) is 4.90 Å². The van der Waals surface area contributed by atoms with Gasteiger partial charge in [0.15, 0.2) is 0 Å². The first kappa shape index (κ1) is 29.9. The molecule has 9 nitrogen and oxygen atoms in total. The number of carbonyl (C=O) groups is 2. The number of furan rings is 1. The summed E-state index contributed by atoms with van der Waals surface area (Å²) in [4.78, 5) is 24.7. The summed E-state index contributed by atoms with van der Waals surface area (Å²) in [5.74, 6) is -4.00. The molecule has 37 heavy (non-hydrogen) atoms. The third-order valence-corrected chi connectivity index (χ3v) is 5.31. The van der Waals surface area contributed by atoms with Crippen LogP contribution in [0.4, 0.5) is 32.2 Å². The predicted octanol–water partition coefficient (Wildman–Crippen LogP) is 4.03. The number of ether oxygens (including phenoxy) is 1. The maximum atomic E-state index is 10.6. The number of likely N-dealkylation sites (tertiary alicyclic amines) is 1. The summed E-state index contributed by atoms with van der Waals surface area (Å²) in [6, 6.07) is 8.30. The van der Waals surface area contributed by atoms with Crippen molar-refractivity contribution >= 4 is 17.8 Å². The maximum absolute atomic E-state index is 10.6. The third-order valence-electron chi connectivity index (χ3n) is 5.31. The molecule has 4 rings (SSSR count). The second-order valence-electron chi connectivity index (χ2n) is 8.14. The van der Waals surface area contributed by atoms with Gasteiger partial charge in [0.25, 0.3) is 0 Å². The van der Waals surface area contributed by atoms with Crippen LogP contribution in [0.15, 0.2) is 47.4 Å². The number of rotatable bonds is 4. The Labute approximate surface area is 207 Å². The Hall–Kier alpha value is -3.33. The Bertz CT molecular complexity index is 948. The van der Waals surface area contributed by atoms with Crippen molar-refractivity contribution in [2.24, 2.45) is 5.92 Å². The summed E-state index contributed by atoms with van der Waals surface area (Å²) in [6.45, 7) is 3.86. The van der Waals surface area contributed by atoms with E-state index < -0.39 is 24.3 Å². The number of anilines is 1. The Morgan fingerprint density at radius 3 is 2.22 bits per heavy atom. The van der Waals surface area contributed by atoms with E-state index in [0.29, 0.717) is 5.92 Å². The zero-order valence-corrected chi connectivity index (χ0v) is 19.2. The van der Waals surface area contributed by atoms with Gasteiger partial charge in [0, 0.05) is 38.0 Å². The average Bonchev–Trinajstić information content (AvgIpc) is 3.32. The lowest BCUT2D eigenvalue weighted by atomic mass is 9.85. The largest absolute Gasteiger partial charge is 0.490 e. The average molecular weight is 541 g/mol. The SMILES string of the molecule is O=C(O)C(F)(F)F.O=C(O)C(F)(F)F.c1ccc(N[C@@H]2CN(Cc3ccoc3)C[C@@H]3CCCO[C@@H]32)nc1. The standard InChI is InChI=1S/C18H23N3O2.2C2HF3O2/c1-2-7-19-17(5-1)20-16-12-21(10-14-6-9-22-13-14)11-15-4-3-8-23-18(15)16;2*3-2(4,5)1(6)7/h1-2,5-7,9,13,15-16,18H,3-4,8,10-12H2,(H,19,20);2*(H,6,7)/t15-,16+,18-;;/m0../s1. The number of pyridine rings is 1. The van der Waals surface area contributed by atoms with Gasteiger partial charge in [-0.15, -0.1) is 0 Å². The molecule has 0 aliphatic carbocycles. The Balaban J connectivity index is 0.000000286. The van der Waals surface area contributed by atoms with E-state index in [1.807, 2.05) is 36.7 Å². The van der Waals surface area contributed by atoms with Crippen molar-refractivity contribution in [3.05, 3.63) is 48.6 Å². The molecular weight excluding hydrogens is 516 g/mol. The van der Waals surface area contributed by atoms with E-state index in [4.69, 9.17) is 29.0 Å². The summed E-state index contributed by atoms with van der Waals surface area (Å²) < 4.78 is 74.8. The fourth-order valence-electron chi connectivity index (χ4n) is 3.83. The molecule has 4 heterocycles. The minimum absolute atomic E-state index is 0.274. The molecule has 206 valence electrons. The maximum Gasteiger partial charge on any atom is 0.490 e. The summed E-state index contributed by atoms with van der Waals surface area (Å²) in [6.07, 6.45) is -2.07. The number of piperidine rings is 1. The smallest absolute Gasteiger partial charge is 0.475 e. The molecule has 0 unspecified atom stereocenters. The summed E-state index contributed by atoms with van der Waals surface area (Å²) in [7, 11) is 0. The molecule has 0 spiro atoms. The van der Waals surface area contributed by atoms with E-state index in [2.05, 4.69) is 15.2 Å². The fraction of sp³-hybridized carbons (Fsp3) is 0.500. The molecule has 0 amide bonds. The topological polar surface area (TPSA) is 125 Å². The van der Waals surface area contributed by atoms with Crippen LogP contribution >= 0.6 is 0 Å². The highest BCUT2D eigenvalue weighted by Gasteiger charge is 2.40. The van der Waals surface area contributed by atoms with Crippen LogP contribution in [0, 0.1) is 5.92 Å². The molecule has 3 N–H and O–H groups in total. The van der Waals surface area contributed by atoms with Crippen LogP contribution in [0.2, 0.25) is 0 Å². The van der Waals surface area contributed by atoms with E-state index in [1.54, 1.807) is 6.26 Å². The fourth-order valence-corrected chi connectivity index (χ4v) is 3.83. The number of alkyl halides is 6. The van der Waals surface area contributed by atoms with E-state index in [-0.39, 0.29) is 12.1 Å². The molecule has 0 aromatic carbocycles. The molecule has 15 heteroatoms. The lowest BCUT2D eigenvalue weighted by Crippen LogP contribution is -2.57. The highest BCUT2D eigenvalue weighted by molar-refractivity contribution is 5.73. The lowest BCUT2D eigenvalue weighted by Gasteiger charge is -2.46. The van der Waals surface area contributed by atoms with Crippen molar-refractivity contribution < 1.29 is 55.3 Å². The molecule has 0 radical (unpaired) electrons. The van der Waals surface area contributed by atoms with Crippen molar-refractivity contribution in [1.29, 1.82) is 0 Å². The van der Waals surface area contributed by atoms with Crippen molar-refractivity contribution in [2.45, 2.75) is 43.9 Å². The quantitative estimate of drug-likeness (QED) is 0.492. The van der Waals surface area contributed by atoms with Gasteiger partial charge in [-0.05, 0) is 37.0 Å². The number of nitrogens with zero attached hydrogens (tertiary/aromatic N) is 2. The number of carboxylic acids is 2. The minimum Gasteiger partial charge on any atom is -0.475 e. The number of halogens is 6. The molecule has 2 saturated heterocycles. The number of aromatic nitrogens is 1. The van der Waals surface area contributed by atoms with Gasteiger partial charge < -0.3 is 24.7 Å².